The van der Waals surface area contributed by atoms with Crippen LogP contribution in [0.3, 0.4) is 0 Å². The highest BCUT2D eigenvalue weighted by atomic mass is 16.5. The predicted molar refractivity (Wildman–Crippen MR) is 109 cm³/mol. The maximum absolute atomic E-state index is 11.5. The monoisotopic (exact) mass is 366 g/mol. The summed E-state index contributed by atoms with van der Waals surface area (Å²) in [6.07, 6.45) is 3.82. The third-order valence-electron chi connectivity index (χ3n) is 6.50. The van der Waals surface area contributed by atoms with Crippen molar-refractivity contribution in [1.29, 1.82) is 0 Å². The molecule has 4 heteroatoms. The van der Waals surface area contributed by atoms with Crippen LogP contribution in [0.5, 0.6) is 5.75 Å². The van der Waals surface area contributed by atoms with E-state index in [1.165, 1.54) is 6.42 Å². The van der Waals surface area contributed by atoms with Crippen molar-refractivity contribution >= 4 is 10.9 Å². The van der Waals surface area contributed by atoms with Gasteiger partial charge in [0.1, 0.15) is 5.75 Å². The summed E-state index contributed by atoms with van der Waals surface area (Å²) in [5.74, 6) is 2.31. The zero-order valence-electron chi connectivity index (χ0n) is 16.6. The molecule has 0 radical (unpaired) electrons. The van der Waals surface area contributed by atoms with Gasteiger partial charge in [0.25, 0.3) is 0 Å². The molecule has 5 atom stereocenters. The van der Waals surface area contributed by atoms with Crippen molar-refractivity contribution in [2.75, 3.05) is 20.2 Å². The molecule has 4 unspecified atom stereocenters. The van der Waals surface area contributed by atoms with Gasteiger partial charge in [-0.3, -0.25) is 9.88 Å². The Balaban J connectivity index is 1.76. The number of fused-ring (bicyclic) bond motifs is 4. The van der Waals surface area contributed by atoms with Gasteiger partial charge < -0.3 is 9.84 Å². The Hall–Kier alpha value is -1.91. The lowest BCUT2D eigenvalue weighted by Gasteiger charge is -2.50. The number of benzene rings is 1. The van der Waals surface area contributed by atoms with Gasteiger partial charge in [-0.2, -0.15) is 0 Å². The maximum Gasteiger partial charge on any atom is 0.119 e. The first kappa shape index (κ1) is 18.5. The van der Waals surface area contributed by atoms with Gasteiger partial charge in [0, 0.05) is 23.7 Å². The Kier molecular flexibility index (Phi) is 4.95. The van der Waals surface area contributed by atoms with Crippen LogP contribution in [-0.2, 0) is 0 Å². The van der Waals surface area contributed by atoms with Crippen LogP contribution in [0.25, 0.3) is 10.9 Å². The van der Waals surface area contributed by atoms with E-state index in [9.17, 15) is 5.11 Å². The van der Waals surface area contributed by atoms with Crippen LogP contribution >= 0.6 is 0 Å². The average molecular weight is 367 g/mol. The second kappa shape index (κ2) is 7.25. The molecule has 0 amide bonds. The van der Waals surface area contributed by atoms with E-state index in [4.69, 9.17) is 9.72 Å². The molecule has 1 aromatic heterocycles. The Morgan fingerprint density at radius 2 is 2.15 bits per heavy atom. The smallest absolute Gasteiger partial charge is 0.119 e. The summed E-state index contributed by atoms with van der Waals surface area (Å²) in [4.78, 5) is 7.27. The molecule has 4 nitrogen and oxygen atoms in total. The summed E-state index contributed by atoms with van der Waals surface area (Å²) in [7, 11) is 1.68. The van der Waals surface area contributed by atoms with E-state index in [1.54, 1.807) is 7.11 Å². The van der Waals surface area contributed by atoms with E-state index < -0.39 is 6.10 Å². The molecule has 4 heterocycles. The topological polar surface area (TPSA) is 45.6 Å². The third-order valence-corrected chi connectivity index (χ3v) is 6.50. The van der Waals surface area contributed by atoms with Gasteiger partial charge in [0.05, 0.1) is 18.7 Å². The van der Waals surface area contributed by atoms with Gasteiger partial charge >= 0.3 is 0 Å². The van der Waals surface area contributed by atoms with Crippen LogP contribution in [0, 0.1) is 11.8 Å². The summed E-state index contributed by atoms with van der Waals surface area (Å²) in [5, 5.41) is 12.5. The molecule has 3 fully saturated rings. The van der Waals surface area contributed by atoms with Crippen molar-refractivity contribution in [1.82, 2.24) is 9.88 Å². The summed E-state index contributed by atoms with van der Waals surface area (Å²) < 4.78 is 5.43. The van der Waals surface area contributed by atoms with E-state index in [2.05, 4.69) is 37.5 Å². The molecule has 1 aromatic carbocycles. The molecule has 0 spiro atoms. The van der Waals surface area contributed by atoms with E-state index in [0.717, 1.165) is 47.4 Å². The van der Waals surface area contributed by atoms with Crippen LogP contribution in [0.15, 0.2) is 36.9 Å². The molecule has 144 valence electrons. The molecule has 2 aromatic rings. The number of hydrogen-bond acceptors (Lipinski definition) is 4. The number of aromatic nitrogens is 1. The lowest BCUT2D eigenvalue weighted by Crippen LogP contribution is -2.54. The Morgan fingerprint density at radius 3 is 2.78 bits per heavy atom. The first-order chi connectivity index (χ1) is 13.0. The normalized spacial score (nSPS) is 28.5. The fourth-order valence-corrected chi connectivity index (χ4v) is 4.83. The van der Waals surface area contributed by atoms with E-state index in [0.29, 0.717) is 17.8 Å². The van der Waals surface area contributed by atoms with Crippen LogP contribution in [0.1, 0.15) is 50.0 Å². The second-order valence-electron chi connectivity index (χ2n) is 8.37. The minimum atomic E-state index is -0.520. The molecular weight excluding hydrogens is 336 g/mol. The number of rotatable bonds is 5. The van der Waals surface area contributed by atoms with Crippen molar-refractivity contribution in [2.45, 2.75) is 44.8 Å². The summed E-state index contributed by atoms with van der Waals surface area (Å²) >= 11 is 0. The SMILES string of the molecule is C=CC1CN2CCC1CC2[C@H](O)c1cc(C(C)C)nc2ccc(OC)cc12. The first-order valence-corrected chi connectivity index (χ1v) is 10.0. The summed E-state index contributed by atoms with van der Waals surface area (Å²) in [6.45, 7) is 10.4. The van der Waals surface area contributed by atoms with E-state index in [-0.39, 0.29) is 6.04 Å². The number of pyridine rings is 1. The number of nitrogens with zero attached hydrogens (tertiary/aromatic N) is 2. The number of aliphatic hydroxyl groups excluding tert-OH is 1. The fourth-order valence-electron chi connectivity index (χ4n) is 4.83. The number of hydrogen-bond donors (Lipinski definition) is 1. The van der Waals surface area contributed by atoms with Gasteiger partial charge in [0.15, 0.2) is 0 Å². The predicted octanol–water partition coefficient (Wildman–Crippen LogP) is 4.30. The number of ether oxygens (including phenoxy) is 1. The minimum absolute atomic E-state index is 0.164. The van der Waals surface area contributed by atoms with E-state index >= 15 is 0 Å². The number of piperidine rings is 3. The lowest BCUT2D eigenvalue weighted by molar-refractivity contribution is -0.0445. The number of aliphatic hydroxyl groups is 1. The van der Waals surface area contributed by atoms with Crippen molar-refractivity contribution in [3.63, 3.8) is 0 Å². The van der Waals surface area contributed by atoms with Crippen molar-refractivity contribution in [2.24, 2.45) is 11.8 Å². The average Bonchev–Trinajstić information content (AvgIpc) is 2.71. The largest absolute Gasteiger partial charge is 0.497 e. The zero-order valence-corrected chi connectivity index (χ0v) is 16.6. The number of methoxy groups -OCH3 is 1. The van der Waals surface area contributed by atoms with Gasteiger partial charge in [-0.05, 0) is 67.0 Å². The van der Waals surface area contributed by atoms with E-state index in [1.807, 2.05) is 18.2 Å². The lowest BCUT2D eigenvalue weighted by atomic mass is 9.73. The highest BCUT2D eigenvalue weighted by Crippen LogP contribution is 2.42. The molecule has 0 saturated carbocycles. The maximum atomic E-state index is 11.5. The third kappa shape index (κ3) is 3.26. The molecular formula is C23H30N2O2. The van der Waals surface area contributed by atoms with Gasteiger partial charge in [0.2, 0.25) is 0 Å². The van der Waals surface area contributed by atoms with Crippen molar-refractivity contribution < 1.29 is 9.84 Å². The summed E-state index contributed by atoms with van der Waals surface area (Å²) in [6, 6.07) is 8.21. The quantitative estimate of drug-likeness (QED) is 0.802. The zero-order chi connectivity index (χ0) is 19.1. The van der Waals surface area contributed by atoms with Gasteiger partial charge in [-0.1, -0.05) is 19.9 Å². The van der Waals surface area contributed by atoms with Crippen LogP contribution in [0.4, 0.5) is 0 Å². The highest BCUT2D eigenvalue weighted by molar-refractivity contribution is 5.84. The Bertz CT molecular complexity index is 848. The van der Waals surface area contributed by atoms with Crippen molar-refractivity contribution in [3.8, 4) is 5.75 Å². The molecule has 3 saturated heterocycles. The molecule has 3 aliphatic heterocycles. The second-order valence-corrected chi connectivity index (χ2v) is 8.37. The highest BCUT2D eigenvalue weighted by Gasteiger charge is 2.42. The van der Waals surface area contributed by atoms with Crippen molar-refractivity contribution in [3.05, 3.63) is 48.2 Å². The van der Waals surface area contributed by atoms with Gasteiger partial charge in [-0.15, -0.1) is 6.58 Å². The van der Waals surface area contributed by atoms with Gasteiger partial charge in [-0.25, -0.2) is 0 Å². The molecule has 27 heavy (non-hydrogen) atoms. The van der Waals surface area contributed by atoms with Crippen LogP contribution in [0.2, 0.25) is 0 Å². The van der Waals surface area contributed by atoms with Crippen LogP contribution < -0.4 is 4.74 Å². The molecule has 5 rings (SSSR count). The first-order valence-electron chi connectivity index (χ1n) is 10.0. The Labute approximate surface area is 161 Å². The fraction of sp³-hybridized carbons (Fsp3) is 0.522. The van der Waals surface area contributed by atoms with Crippen LogP contribution in [-0.4, -0.2) is 41.2 Å². The molecule has 1 N–H and O–H groups in total. The molecule has 2 bridgehead atoms. The minimum Gasteiger partial charge on any atom is -0.497 e. The molecule has 0 aliphatic carbocycles. The Morgan fingerprint density at radius 1 is 1.33 bits per heavy atom. The molecule has 3 aliphatic rings. The standard InChI is InChI=1S/C23H30N2O2/c1-5-15-13-25-9-8-16(15)10-22(25)23(26)19-12-21(14(2)3)24-20-7-6-17(27-4)11-18(19)20/h5-7,11-12,14-16,22-23,26H,1,8-10,13H2,2-4H3/t15?,16?,22?,23-/m1/s1. The summed E-state index contributed by atoms with van der Waals surface area (Å²) in [5.41, 5.74) is 2.94.